The Morgan fingerprint density at radius 2 is 1.19 bits per heavy atom. The van der Waals surface area contributed by atoms with Gasteiger partial charge in [-0.05, 0) is 62.8 Å². The van der Waals surface area contributed by atoms with Gasteiger partial charge in [0.1, 0.15) is 10.8 Å². The van der Waals surface area contributed by atoms with Gasteiger partial charge < -0.3 is 5.11 Å². The summed E-state index contributed by atoms with van der Waals surface area (Å²) in [6, 6.07) is 33.3. The average molecular weight is 819 g/mol. The van der Waals surface area contributed by atoms with E-state index in [1.165, 1.54) is 22.3 Å². The number of phenolic OH excluding ortho intramolecular Hbond substituents is 1. The fourth-order valence-electron chi connectivity index (χ4n) is 5.64. The Balaban J connectivity index is 0.00000433. The van der Waals surface area contributed by atoms with E-state index < -0.39 is 0 Å². The van der Waals surface area contributed by atoms with E-state index in [9.17, 15) is 5.11 Å². The second kappa shape index (κ2) is 12.8. The van der Waals surface area contributed by atoms with E-state index in [1.54, 1.807) is 17.4 Å². The van der Waals surface area contributed by atoms with Crippen LogP contribution < -0.4 is 0 Å². The Morgan fingerprint density at radius 3 is 1.79 bits per heavy atom. The summed E-state index contributed by atoms with van der Waals surface area (Å²) in [7, 11) is 0. The smallest absolute Gasteiger partial charge is 0.127 e. The first-order valence-electron chi connectivity index (χ1n) is 16.0. The van der Waals surface area contributed by atoms with Crippen LogP contribution in [0.5, 0.6) is 5.75 Å². The van der Waals surface area contributed by atoms with Crippen molar-refractivity contribution in [3.05, 3.63) is 114 Å². The average Bonchev–Trinajstić information content (AvgIpc) is 3.44. The largest absolute Gasteiger partial charge is 0.507 e. The van der Waals surface area contributed by atoms with E-state index in [0.717, 1.165) is 48.7 Å². The van der Waals surface area contributed by atoms with E-state index >= 15 is 0 Å². The van der Waals surface area contributed by atoms with Crippen LogP contribution in [0.3, 0.4) is 0 Å². The summed E-state index contributed by atoms with van der Waals surface area (Å²) in [6.45, 7) is 20.4. The molecule has 1 N–H and O–H groups in total. The minimum Gasteiger partial charge on any atom is -0.507 e. The van der Waals surface area contributed by atoms with Gasteiger partial charge in [-0.25, -0.2) is 4.98 Å². The zero-order valence-corrected chi connectivity index (χ0v) is 31.8. The van der Waals surface area contributed by atoms with E-state index in [0.29, 0.717) is 0 Å². The Bertz CT molecular complexity index is 2030. The molecule has 0 bridgehead atoms. The van der Waals surface area contributed by atoms with Crippen LogP contribution in [0.2, 0.25) is 0 Å². The maximum atomic E-state index is 10.7. The molecule has 0 fully saturated rings. The van der Waals surface area contributed by atoms with Gasteiger partial charge in [0.2, 0.25) is 0 Å². The number of para-hydroxylation sites is 1. The Labute approximate surface area is 298 Å². The van der Waals surface area contributed by atoms with Crippen LogP contribution in [0.15, 0.2) is 91.1 Å². The van der Waals surface area contributed by atoms with Gasteiger partial charge in [-0.1, -0.05) is 128 Å². The number of nitrogens with zero attached hydrogens (tertiary/aromatic N) is 2. The van der Waals surface area contributed by atoms with Crippen LogP contribution in [0.25, 0.3) is 54.3 Å². The first-order valence-corrected chi connectivity index (χ1v) is 16.8. The number of phenols is 1. The number of pyridine rings is 1. The van der Waals surface area contributed by atoms with Gasteiger partial charge in [0.25, 0.3) is 0 Å². The molecule has 0 aliphatic rings. The van der Waals surface area contributed by atoms with Crippen molar-refractivity contribution in [2.24, 2.45) is 0 Å². The molecule has 0 atom stereocenters. The molecule has 0 spiro atoms. The molecule has 2 heterocycles. The minimum atomic E-state index is -0.0773. The van der Waals surface area contributed by atoms with E-state index in [-0.39, 0.29) is 43.1 Å². The van der Waals surface area contributed by atoms with Crippen molar-refractivity contribution in [3.63, 3.8) is 0 Å². The third kappa shape index (κ3) is 7.30. The third-order valence-corrected chi connectivity index (χ3v) is 9.63. The first kappa shape index (κ1) is 34.7. The summed E-state index contributed by atoms with van der Waals surface area (Å²) in [5.74, 6) is 0.235. The maximum Gasteiger partial charge on any atom is 0.127 e. The quantitative estimate of drug-likeness (QED) is 0.180. The van der Waals surface area contributed by atoms with Crippen molar-refractivity contribution < 1.29 is 26.2 Å². The summed E-state index contributed by atoms with van der Waals surface area (Å²) in [5.41, 5.74) is 11.6. The summed E-state index contributed by atoms with van der Waals surface area (Å²) >= 11 is 1.62. The van der Waals surface area contributed by atoms with Crippen molar-refractivity contribution in [1.29, 1.82) is 0 Å². The zero-order valence-electron chi connectivity index (χ0n) is 28.7. The monoisotopic (exact) mass is 818 g/mol. The molecule has 0 unspecified atom stereocenters. The second-order valence-corrected chi connectivity index (χ2v) is 16.4. The number of rotatable bonds is 4. The normalized spacial score (nSPS) is 12.3. The standard InChI is InChI=1S/C42H43N2OS.Pt/c1-40(2,3)30-21-27(22-31(23-30)41(4,5)6)26-18-28(20-29(19-26)35-15-12-13-17-43-35)34-24-32(42(7,8)9)25-37-38(34)44-39(46-37)33-14-10-11-16-36(33)45;/h10-19,21-25,45H,1-9H3;/q-1;. The van der Waals surface area contributed by atoms with Crippen LogP contribution in [0.1, 0.15) is 79.0 Å². The fourth-order valence-corrected chi connectivity index (χ4v) is 6.71. The van der Waals surface area contributed by atoms with Gasteiger partial charge in [-0.15, -0.1) is 35.1 Å². The van der Waals surface area contributed by atoms with Crippen molar-refractivity contribution in [3.8, 4) is 49.8 Å². The van der Waals surface area contributed by atoms with E-state index in [4.69, 9.17) is 9.97 Å². The molecule has 3 nitrogen and oxygen atoms in total. The summed E-state index contributed by atoms with van der Waals surface area (Å²) in [6.07, 6.45) is 1.84. The number of aromatic hydroxyl groups is 1. The summed E-state index contributed by atoms with van der Waals surface area (Å²) in [4.78, 5) is 9.90. The van der Waals surface area contributed by atoms with E-state index in [2.05, 4.69) is 111 Å². The Hall–Kier alpha value is -3.59. The molecule has 47 heavy (non-hydrogen) atoms. The van der Waals surface area contributed by atoms with Crippen LogP contribution in [0, 0.1) is 6.07 Å². The summed E-state index contributed by atoms with van der Waals surface area (Å²) in [5, 5.41) is 11.5. The Kier molecular flexibility index (Phi) is 9.45. The predicted octanol–water partition coefficient (Wildman–Crippen LogP) is 11.8. The molecule has 0 saturated heterocycles. The summed E-state index contributed by atoms with van der Waals surface area (Å²) < 4.78 is 1.09. The number of hydrogen-bond donors (Lipinski definition) is 1. The van der Waals surface area contributed by atoms with Crippen LogP contribution in [-0.2, 0) is 37.3 Å². The van der Waals surface area contributed by atoms with Gasteiger partial charge in [-0.2, -0.15) is 0 Å². The van der Waals surface area contributed by atoms with Crippen molar-refractivity contribution in [2.45, 2.75) is 78.6 Å². The molecular formula is C42H43N2OPtS-. The molecule has 5 heteroatoms. The van der Waals surface area contributed by atoms with Crippen LogP contribution in [-0.4, -0.2) is 15.1 Å². The van der Waals surface area contributed by atoms with Gasteiger partial charge >= 0.3 is 0 Å². The van der Waals surface area contributed by atoms with Crippen LogP contribution in [0.4, 0.5) is 0 Å². The second-order valence-electron chi connectivity index (χ2n) is 15.4. The zero-order chi connectivity index (χ0) is 33.0. The molecule has 0 radical (unpaired) electrons. The molecule has 6 rings (SSSR count). The SMILES string of the molecule is CC(C)(C)c1cc(-c2cc(-c3ccccn3)[c-]c(-c3cc(C(C)(C)C)cc4sc(-c5ccccc5O)nc34)c2)cc(C(C)(C)C)c1.[Pt]. The van der Waals surface area contributed by atoms with Gasteiger partial charge in [0.05, 0.1) is 11.1 Å². The predicted molar refractivity (Wildman–Crippen MR) is 196 cm³/mol. The van der Waals surface area contributed by atoms with Gasteiger partial charge in [0, 0.05) is 37.7 Å². The molecule has 4 aromatic carbocycles. The third-order valence-electron chi connectivity index (χ3n) is 8.59. The molecule has 0 aliphatic carbocycles. The maximum absolute atomic E-state index is 10.7. The number of fused-ring (bicyclic) bond motifs is 1. The number of hydrogen-bond acceptors (Lipinski definition) is 4. The molecule has 6 aromatic rings. The van der Waals surface area contributed by atoms with Gasteiger partial charge in [-0.3, -0.25) is 4.98 Å². The van der Waals surface area contributed by atoms with Crippen molar-refractivity contribution in [1.82, 2.24) is 9.97 Å². The van der Waals surface area contributed by atoms with Crippen molar-refractivity contribution >= 4 is 21.6 Å². The topological polar surface area (TPSA) is 46.0 Å². The van der Waals surface area contributed by atoms with Crippen molar-refractivity contribution in [2.75, 3.05) is 0 Å². The number of thiazole rings is 1. The number of aromatic nitrogens is 2. The minimum absolute atomic E-state index is 0. The molecular weight excluding hydrogens is 776 g/mol. The number of benzene rings is 4. The Morgan fingerprint density at radius 1 is 0.617 bits per heavy atom. The molecule has 0 saturated carbocycles. The van der Waals surface area contributed by atoms with Gasteiger partial charge in [0.15, 0.2) is 0 Å². The first-order chi connectivity index (χ1) is 21.6. The molecule has 2 aromatic heterocycles. The molecule has 244 valence electrons. The fraction of sp³-hybridized carbons (Fsp3) is 0.286. The van der Waals surface area contributed by atoms with E-state index in [1.807, 2.05) is 42.6 Å². The molecule has 0 aliphatic heterocycles. The molecule has 0 amide bonds. The van der Waals surface area contributed by atoms with Crippen LogP contribution >= 0.6 is 11.3 Å².